The lowest BCUT2D eigenvalue weighted by molar-refractivity contribution is -0.158. The molecular formula is C24H19F6N5O3. The Balaban J connectivity index is 1.70. The van der Waals surface area contributed by atoms with Crippen LogP contribution in [0.15, 0.2) is 35.3 Å². The van der Waals surface area contributed by atoms with Crippen LogP contribution in [0.25, 0.3) is 16.7 Å². The summed E-state index contributed by atoms with van der Waals surface area (Å²) in [6.45, 7) is 1.90. The van der Waals surface area contributed by atoms with Crippen LogP contribution >= 0.6 is 0 Å². The van der Waals surface area contributed by atoms with Crippen LogP contribution in [0.2, 0.25) is 0 Å². The van der Waals surface area contributed by atoms with Gasteiger partial charge in [-0.05, 0) is 37.8 Å². The summed E-state index contributed by atoms with van der Waals surface area (Å²) in [5, 5.41) is 4.09. The normalized spacial score (nSPS) is 18.6. The number of rotatable bonds is 5. The molecule has 3 amide bonds. The predicted octanol–water partition coefficient (Wildman–Crippen LogP) is 3.79. The molecule has 14 heteroatoms. The van der Waals surface area contributed by atoms with E-state index < -0.39 is 69.9 Å². The lowest BCUT2D eigenvalue weighted by atomic mass is 10.1. The SMILES string of the molecule is CC1CN(c2ccc3c(=O)c(C(=O)NC(C4CC4)C(F)(F)F)cn(-c4c(F)cc(F)cc4F)c3n2)C(=O)N1. The number of halogens is 6. The number of anilines is 1. The monoisotopic (exact) mass is 539 g/mol. The first-order valence-corrected chi connectivity index (χ1v) is 11.5. The number of urea groups is 1. The number of aromatic nitrogens is 2. The van der Waals surface area contributed by atoms with Gasteiger partial charge in [-0.15, -0.1) is 0 Å². The summed E-state index contributed by atoms with van der Waals surface area (Å²) in [7, 11) is 0. The molecule has 2 N–H and O–H groups in total. The average molecular weight is 539 g/mol. The molecule has 1 aliphatic carbocycles. The molecule has 1 aliphatic heterocycles. The van der Waals surface area contributed by atoms with E-state index in [2.05, 4.69) is 10.3 Å². The summed E-state index contributed by atoms with van der Waals surface area (Å²) in [5.41, 5.74) is -3.22. The minimum absolute atomic E-state index is 0.00139. The molecular weight excluding hydrogens is 520 g/mol. The molecule has 0 radical (unpaired) electrons. The lowest BCUT2D eigenvalue weighted by Gasteiger charge is -2.22. The van der Waals surface area contributed by atoms with Crippen molar-refractivity contribution in [3.63, 3.8) is 0 Å². The molecule has 2 fully saturated rings. The fraction of sp³-hybridized carbons (Fsp3) is 0.333. The van der Waals surface area contributed by atoms with E-state index in [-0.39, 0.29) is 36.6 Å². The van der Waals surface area contributed by atoms with Crippen LogP contribution in [0.1, 0.15) is 30.1 Å². The lowest BCUT2D eigenvalue weighted by Crippen LogP contribution is -2.48. The highest BCUT2D eigenvalue weighted by Crippen LogP contribution is 2.40. The molecule has 2 aliphatic rings. The van der Waals surface area contributed by atoms with Gasteiger partial charge in [0.1, 0.15) is 28.9 Å². The third-order valence-corrected chi connectivity index (χ3v) is 6.38. The quantitative estimate of drug-likeness (QED) is 0.483. The first kappa shape index (κ1) is 25.5. The van der Waals surface area contributed by atoms with E-state index in [1.807, 2.05) is 5.32 Å². The second-order valence-corrected chi connectivity index (χ2v) is 9.29. The zero-order valence-corrected chi connectivity index (χ0v) is 19.6. The molecule has 3 aromatic rings. The Labute approximate surface area is 210 Å². The van der Waals surface area contributed by atoms with E-state index in [4.69, 9.17) is 0 Å². The van der Waals surface area contributed by atoms with Crippen LogP contribution in [0.3, 0.4) is 0 Å². The van der Waals surface area contributed by atoms with Gasteiger partial charge in [0.25, 0.3) is 5.91 Å². The van der Waals surface area contributed by atoms with Crippen molar-refractivity contribution in [2.45, 2.75) is 38.0 Å². The summed E-state index contributed by atoms with van der Waals surface area (Å²) in [4.78, 5) is 43.8. The number of amides is 3. The van der Waals surface area contributed by atoms with Gasteiger partial charge in [0, 0.05) is 30.9 Å². The zero-order valence-electron chi connectivity index (χ0n) is 19.6. The van der Waals surface area contributed by atoms with Crippen molar-refractivity contribution in [3.8, 4) is 5.69 Å². The highest BCUT2D eigenvalue weighted by Gasteiger charge is 2.50. The van der Waals surface area contributed by atoms with E-state index in [9.17, 15) is 40.7 Å². The fourth-order valence-corrected chi connectivity index (χ4v) is 4.44. The van der Waals surface area contributed by atoms with E-state index >= 15 is 0 Å². The highest BCUT2D eigenvalue weighted by molar-refractivity contribution is 5.98. The largest absolute Gasteiger partial charge is 0.408 e. The maximum absolute atomic E-state index is 14.8. The van der Waals surface area contributed by atoms with Crippen molar-refractivity contribution in [1.29, 1.82) is 0 Å². The molecule has 200 valence electrons. The molecule has 2 atom stereocenters. The third-order valence-electron chi connectivity index (χ3n) is 6.38. The molecule has 3 heterocycles. The van der Waals surface area contributed by atoms with Gasteiger partial charge in [-0.25, -0.2) is 22.9 Å². The molecule has 2 aromatic heterocycles. The Morgan fingerprint density at radius 3 is 2.34 bits per heavy atom. The van der Waals surface area contributed by atoms with Gasteiger partial charge in [0.15, 0.2) is 17.3 Å². The number of pyridine rings is 2. The second kappa shape index (κ2) is 9.03. The van der Waals surface area contributed by atoms with Gasteiger partial charge in [-0.1, -0.05) is 0 Å². The molecule has 0 bridgehead atoms. The summed E-state index contributed by atoms with van der Waals surface area (Å²) >= 11 is 0. The van der Waals surface area contributed by atoms with E-state index in [0.29, 0.717) is 22.9 Å². The van der Waals surface area contributed by atoms with Crippen molar-refractivity contribution in [2.75, 3.05) is 11.4 Å². The van der Waals surface area contributed by atoms with Crippen molar-refractivity contribution in [1.82, 2.24) is 20.2 Å². The fourth-order valence-electron chi connectivity index (χ4n) is 4.44. The number of carbonyl (C=O) groups excluding carboxylic acids is 2. The smallest absolute Gasteiger partial charge is 0.340 e. The number of nitrogens with one attached hydrogen (secondary N) is 2. The van der Waals surface area contributed by atoms with Crippen molar-refractivity contribution >= 4 is 28.8 Å². The Morgan fingerprint density at radius 1 is 1.13 bits per heavy atom. The van der Waals surface area contributed by atoms with E-state index in [1.54, 1.807) is 6.92 Å². The number of alkyl halides is 3. The molecule has 1 saturated carbocycles. The number of benzene rings is 1. The zero-order chi connectivity index (χ0) is 27.5. The first-order chi connectivity index (χ1) is 17.8. The Morgan fingerprint density at radius 2 is 1.79 bits per heavy atom. The molecule has 0 spiro atoms. The Bertz CT molecular complexity index is 1510. The maximum atomic E-state index is 14.8. The Hall–Kier alpha value is -4.10. The van der Waals surface area contributed by atoms with E-state index in [0.717, 1.165) is 6.07 Å². The molecule has 8 nitrogen and oxygen atoms in total. The molecule has 1 saturated heterocycles. The minimum Gasteiger partial charge on any atom is -0.340 e. The van der Waals surface area contributed by atoms with Crippen LogP contribution in [0, 0.1) is 23.4 Å². The van der Waals surface area contributed by atoms with Gasteiger partial charge in [-0.3, -0.25) is 19.1 Å². The Kier molecular flexibility index (Phi) is 6.07. The number of fused-ring (bicyclic) bond motifs is 1. The van der Waals surface area contributed by atoms with Gasteiger partial charge in [0.2, 0.25) is 5.43 Å². The topological polar surface area (TPSA) is 96.3 Å². The number of hydrogen-bond donors (Lipinski definition) is 2. The van der Waals surface area contributed by atoms with Crippen molar-refractivity contribution in [2.24, 2.45) is 5.92 Å². The first-order valence-electron chi connectivity index (χ1n) is 11.5. The van der Waals surface area contributed by atoms with Crippen LogP contribution in [-0.4, -0.2) is 46.3 Å². The summed E-state index contributed by atoms with van der Waals surface area (Å²) in [5.74, 6) is -6.36. The standard InChI is InChI=1S/C24H19F6N5O3/c1-10-8-34(23(38)31-10)17-5-4-13-19(36)14(22(37)33-20(11-2-3-11)24(28,29)30)9-35(21(13)32-17)18-15(26)6-12(25)7-16(18)27/h4-7,9-11,20H,2-3,8H2,1H3,(H,31,38)(H,33,37). The average Bonchev–Trinajstić information content (AvgIpc) is 3.59. The van der Waals surface area contributed by atoms with Gasteiger partial charge < -0.3 is 10.6 Å². The van der Waals surface area contributed by atoms with Gasteiger partial charge in [-0.2, -0.15) is 13.2 Å². The molecule has 1 aromatic carbocycles. The van der Waals surface area contributed by atoms with Gasteiger partial charge >= 0.3 is 12.2 Å². The van der Waals surface area contributed by atoms with E-state index in [1.165, 1.54) is 11.0 Å². The summed E-state index contributed by atoms with van der Waals surface area (Å²) in [6, 6.07) is 0.121. The summed E-state index contributed by atoms with van der Waals surface area (Å²) in [6.07, 6.45) is -3.67. The maximum Gasteiger partial charge on any atom is 0.408 e. The summed E-state index contributed by atoms with van der Waals surface area (Å²) < 4.78 is 84.4. The van der Waals surface area contributed by atoms with Gasteiger partial charge in [0.05, 0.1) is 5.39 Å². The van der Waals surface area contributed by atoms with Crippen LogP contribution in [0.5, 0.6) is 0 Å². The van der Waals surface area contributed by atoms with Crippen LogP contribution in [-0.2, 0) is 0 Å². The van der Waals surface area contributed by atoms with Crippen molar-refractivity contribution in [3.05, 3.63) is 63.7 Å². The number of nitrogens with zero attached hydrogens (tertiary/aromatic N) is 3. The molecule has 2 unspecified atom stereocenters. The second-order valence-electron chi connectivity index (χ2n) is 9.29. The van der Waals surface area contributed by atoms with Crippen LogP contribution in [0.4, 0.5) is 37.0 Å². The number of carbonyl (C=O) groups is 2. The highest BCUT2D eigenvalue weighted by atomic mass is 19.4. The molecule has 5 rings (SSSR count). The third kappa shape index (κ3) is 4.54. The van der Waals surface area contributed by atoms with Crippen LogP contribution < -0.4 is 21.0 Å². The van der Waals surface area contributed by atoms with Crippen molar-refractivity contribution < 1.29 is 35.9 Å². The minimum atomic E-state index is -4.79. The predicted molar refractivity (Wildman–Crippen MR) is 123 cm³/mol. The number of hydrogen-bond acceptors (Lipinski definition) is 4. The molecule has 38 heavy (non-hydrogen) atoms.